The van der Waals surface area contributed by atoms with Crippen LogP contribution in [-0.2, 0) is 4.79 Å². The number of amides is 1. The Labute approximate surface area is 148 Å². The summed E-state index contributed by atoms with van der Waals surface area (Å²) in [7, 11) is 0. The number of hydrogen-bond acceptors (Lipinski definition) is 6. The number of nitrogens with one attached hydrogen (secondary N) is 1. The molecule has 0 saturated heterocycles. The van der Waals surface area contributed by atoms with Crippen LogP contribution in [-0.4, -0.2) is 40.2 Å². The highest BCUT2D eigenvalue weighted by molar-refractivity contribution is 5.96. The molecule has 0 atom stereocenters. The topological polar surface area (TPSA) is 133 Å². The third-order valence-corrected chi connectivity index (χ3v) is 3.01. The first kappa shape index (κ1) is 18.3. The number of ether oxygens (including phenoxy) is 1. The molecule has 1 aromatic heterocycles. The van der Waals surface area contributed by atoms with Crippen molar-refractivity contribution in [3.63, 3.8) is 0 Å². The first-order valence-electron chi connectivity index (χ1n) is 7.30. The number of carbonyl (C=O) groups excluding carboxylic acids is 1. The second-order valence-electron chi connectivity index (χ2n) is 4.89. The summed E-state index contributed by atoms with van der Waals surface area (Å²) in [5.74, 6) is 3.59. The summed E-state index contributed by atoms with van der Waals surface area (Å²) >= 11 is 0. The molecule has 0 aliphatic carbocycles. The molecule has 8 heteroatoms. The van der Waals surface area contributed by atoms with E-state index >= 15 is 0 Å². The first-order chi connectivity index (χ1) is 12.5. The van der Waals surface area contributed by atoms with Crippen molar-refractivity contribution in [2.24, 2.45) is 0 Å². The summed E-state index contributed by atoms with van der Waals surface area (Å²) in [6.45, 7) is -0.498. The van der Waals surface area contributed by atoms with Gasteiger partial charge in [-0.2, -0.15) is 5.26 Å². The van der Waals surface area contributed by atoms with Crippen LogP contribution in [0.25, 0.3) is 0 Å². The number of nitrogens with zero attached hydrogens (tertiary/aromatic N) is 2. The van der Waals surface area contributed by atoms with Crippen molar-refractivity contribution in [3.05, 3.63) is 53.3 Å². The van der Waals surface area contributed by atoms with E-state index in [9.17, 15) is 14.7 Å². The van der Waals surface area contributed by atoms with E-state index in [-0.39, 0.29) is 12.3 Å². The Kier molecular flexibility index (Phi) is 6.13. The quantitative estimate of drug-likeness (QED) is 0.682. The fourth-order valence-electron chi connectivity index (χ4n) is 1.82. The molecule has 130 valence electrons. The molecule has 1 heterocycles. The second-order valence-corrected chi connectivity index (χ2v) is 4.89. The number of nitriles is 1. The highest BCUT2D eigenvalue weighted by Crippen LogP contribution is 2.15. The number of pyridine rings is 1. The molecule has 2 rings (SSSR count). The van der Waals surface area contributed by atoms with Gasteiger partial charge in [0.1, 0.15) is 24.7 Å². The maximum atomic E-state index is 11.7. The van der Waals surface area contributed by atoms with Gasteiger partial charge in [0, 0.05) is 11.8 Å². The summed E-state index contributed by atoms with van der Waals surface area (Å²) in [5.41, 5.74) is 0.601. The number of rotatable bonds is 5. The third-order valence-electron chi connectivity index (χ3n) is 3.01. The fraction of sp³-hybridized carbons (Fsp3) is 0.111. The van der Waals surface area contributed by atoms with Crippen molar-refractivity contribution < 1.29 is 24.5 Å². The largest absolute Gasteiger partial charge is 0.505 e. The molecule has 0 fully saturated rings. The average molecular weight is 351 g/mol. The number of carboxylic acids is 1. The lowest BCUT2D eigenvalue weighted by molar-refractivity contribution is -0.135. The van der Waals surface area contributed by atoms with Gasteiger partial charge in [-0.15, -0.1) is 0 Å². The van der Waals surface area contributed by atoms with E-state index in [1.54, 1.807) is 24.3 Å². The lowest BCUT2D eigenvalue weighted by atomic mass is 10.2. The van der Waals surface area contributed by atoms with Crippen LogP contribution in [0.2, 0.25) is 0 Å². The Morgan fingerprint density at radius 3 is 2.58 bits per heavy atom. The number of aliphatic carboxylic acids is 1. The van der Waals surface area contributed by atoms with Gasteiger partial charge in [-0.05, 0) is 30.3 Å². The van der Waals surface area contributed by atoms with E-state index in [4.69, 9.17) is 15.1 Å². The van der Waals surface area contributed by atoms with Crippen LogP contribution in [0.3, 0.4) is 0 Å². The molecule has 1 amide bonds. The van der Waals surface area contributed by atoms with Gasteiger partial charge in [0.15, 0.2) is 5.69 Å². The highest BCUT2D eigenvalue weighted by atomic mass is 16.5. The van der Waals surface area contributed by atoms with E-state index in [0.29, 0.717) is 16.9 Å². The molecule has 26 heavy (non-hydrogen) atoms. The lowest BCUT2D eigenvalue weighted by Gasteiger charge is -2.04. The molecule has 8 nitrogen and oxygen atoms in total. The molecular formula is C18H13N3O5. The predicted molar refractivity (Wildman–Crippen MR) is 89.4 cm³/mol. The van der Waals surface area contributed by atoms with Gasteiger partial charge in [-0.25, -0.2) is 4.98 Å². The predicted octanol–water partition coefficient (Wildman–Crippen LogP) is 0.904. The van der Waals surface area contributed by atoms with E-state index in [1.165, 1.54) is 12.3 Å². The zero-order chi connectivity index (χ0) is 18.9. The number of hydrogen-bond donors (Lipinski definition) is 3. The minimum atomic E-state index is -1.21. The van der Waals surface area contributed by atoms with E-state index in [2.05, 4.69) is 22.1 Å². The van der Waals surface area contributed by atoms with Gasteiger partial charge >= 0.3 is 5.97 Å². The van der Waals surface area contributed by atoms with Gasteiger partial charge < -0.3 is 20.3 Å². The smallest absolute Gasteiger partial charge is 0.322 e. The lowest BCUT2D eigenvalue weighted by Crippen LogP contribution is -2.29. The first-order valence-corrected chi connectivity index (χ1v) is 7.30. The standard InChI is InChI=1S/C18H13N3O5/c19-9-12-3-5-14(6-4-12)26-7-1-2-13-8-15(22)17(20-10-13)18(25)21-11-16(23)24/h3-6,8,10,22H,7,11H2,(H,21,25)(H,23,24). The van der Waals surface area contributed by atoms with Crippen LogP contribution in [0.15, 0.2) is 36.5 Å². The van der Waals surface area contributed by atoms with Crippen LogP contribution in [0.5, 0.6) is 11.5 Å². The van der Waals surface area contributed by atoms with Crippen LogP contribution >= 0.6 is 0 Å². The zero-order valence-electron chi connectivity index (χ0n) is 13.4. The molecule has 3 N–H and O–H groups in total. The van der Waals surface area contributed by atoms with Crippen molar-refractivity contribution in [2.75, 3.05) is 13.2 Å². The molecule has 0 aliphatic heterocycles. The Hall–Kier alpha value is -4.04. The monoisotopic (exact) mass is 351 g/mol. The second kappa shape index (κ2) is 8.71. The minimum absolute atomic E-state index is 0.0769. The maximum absolute atomic E-state index is 11.7. The van der Waals surface area contributed by atoms with Crippen LogP contribution in [0.4, 0.5) is 0 Å². The zero-order valence-corrected chi connectivity index (χ0v) is 13.4. The molecule has 0 bridgehead atoms. The van der Waals surface area contributed by atoms with Gasteiger partial charge in [-0.1, -0.05) is 11.8 Å². The van der Waals surface area contributed by atoms with Crippen molar-refractivity contribution in [2.45, 2.75) is 0 Å². The Morgan fingerprint density at radius 2 is 1.96 bits per heavy atom. The van der Waals surface area contributed by atoms with Gasteiger partial charge in [0.25, 0.3) is 5.91 Å². The number of aromatic nitrogens is 1. The van der Waals surface area contributed by atoms with Crippen LogP contribution in [0, 0.1) is 23.2 Å². The number of carboxylic acid groups (broad SMARTS) is 1. The summed E-state index contributed by atoms with van der Waals surface area (Å²) < 4.78 is 5.39. The van der Waals surface area contributed by atoms with Crippen LogP contribution < -0.4 is 10.1 Å². The number of carbonyl (C=O) groups is 2. The summed E-state index contributed by atoms with van der Waals surface area (Å²) in [5, 5.41) is 29.1. The molecular weight excluding hydrogens is 338 g/mol. The van der Waals surface area contributed by atoms with E-state index in [1.807, 2.05) is 6.07 Å². The number of aromatic hydroxyl groups is 1. The fourth-order valence-corrected chi connectivity index (χ4v) is 1.82. The maximum Gasteiger partial charge on any atom is 0.322 e. The van der Waals surface area contributed by atoms with Gasteiger partial charge in [0.05, 0.1) is 11.6 Å². The molecule has 2 aromatic rings. The highest BCUT2D eigenvalue weighted by Gasteiger charge is 2.13. The van der Waals surface area contributed by atoms with E-state index in [0.717, 1.165) is 0 Å². The summed E-state index contributed by atoms with van der Waals surface area (Å²) in [4.78, 5) is 25.9. The van der Waals surface area contributed by atoms with Crippen molar-refractivity contribution in [3.8, 4) is 29.4 Å². The Balaban J connectivity index is 1.95. The average Bonchev–Trinajstić information content (AvgIpc) is 2.64. The molecule has 0 unspecified atom stereocenters. The van der Waals surface area contributed by atoms with E-state index < -0.39 is 24.2 Å². The third kappa shape index (κ3) is 5.25. The Bertz CT molecular complexity index is 921. The van der Waals surface area contributed by atoms with Crippen molar-refractivity contribution in [1.29, 1.82) is 5.26 Å². The minimum Gasteiger partial charge on any atom is -0.505 e. The Morgan fingerprint density at radius 1 is 1.23 bits per heavy atom. The molecule has 0 saturated carbocycles. The van der Waals surface area contributed by atoms with Gasteiger partial charge in [-0.3, -0.25) is 9.59 Å². The SMILES string of the molecule is N#Cc1ccc(OCC#Cc2cnc(C(=O)NCC(=O)O)c(O)c2)cc1. The molecule has 0 radical (unpaired) electrons. The molecule has 0 spiro atoms. The van der Waals surface area contributed by atoms with Crippen molar-refractivity contribution in [1.82, 2.24) is 10.3 Å². The van der Waals surface area contributed by atoms with Crippen molar-refractivity contribution >= 4 is 11.9 Å². The normalized spacial score (nSPS) is 9.35. The van der Waals surface area contributed by atoms with Crippen LogP contribution in [0.1, 0.15) is 21.6 Å². The summed E-state index contributed by atoms with van der Waals surface area (Å²) in [6, 6.07) is 9.80. The number of benzene rings is 1. The molecule has 0 aliphatic rings. The van der Waals surface area contributed by atoms with Gasteiger partial charge in [0.2, 0.25) is 0 Å². The molecule has 1 aromatic carbocycles. The summed E-state index contributed by atoms with van der Waals surface area (Å²) in [6.07, 6.45) is 1.28.